The van der Waals surface area contributed by atoms with Crippen LogP contribution in [0.15, 0.2) is 0 Å². The molecule has 7 nitrogen and oxygen atoms in total. The van der Waals surface area contributed by atoms with Gasteiger partial charge in [0.1, 0.15) is 6.04 Å². The van der Waals surface area contributed by atoms with Crippen LogP contribution in [0.4, 0.5) is 0 Å². The molecule has 2 unspecified atom stereocenters. The molecule has 0 aromatic rings. The molecule has 0 bridgehead atoms. The SMILES string of the molecule is CCCCOC(=O)C1CCC(=O)N1C(OC(C)=O)C(C)=O. The Morgan fingerprint density at radius 1 is 1.33 bits per heavy atom. The molecule has 0 N–H and O–H groups in total. The highest BCUT2D eigenvalue weighted by molar-refractivity contribution is 5.93. The summed E-state index contributed by atoms with van der Waals surface area (Å²) < 4.78 is 9.98. The first-order chi connectivity index (χ1) is 9.88. The average molecular weight is 299 g/mol. The second-order valence-corrected chi connectivity index (χ2v) is 4.95. The quantitative estimate of drug-likeness (QED) is 0.510. The van der Waals surface area contributed by atoms with E-state index in [9.17, 15) is 19.2 Å². The standard InChI is InChI=1S/C14H21NO6/c1-4-5-8-20-14(19)11-6-7-12(18)15(11)13(9(2)16)21-10(3)17/h11,13H,4-8H2,1-3H3. The number of nitrogens with zero attached hydrogens (tertiary/aromatic N) is 1. The maximum absolute atomic E-state index is 12.0. The number of hydrogen-bond donors (Lipinski definition) is 0. The van der Waals surface area contributed by atoms with E-state index in [-0.39, 0.29) is 19.4 Å². The van der Waals surface area contributed by atoms with Crippen LogP contribution in [0.5, 0.6) is 0 Å². The Hall–Kier alpha value is -1.92. The van der Waals surface area contributed by atoms with Crippen LogP contribution in [0.3, 0.4) is 0 Å². The van der Waals surface area contributed by atoms with Gasteiger partial charge in [-0.05, 0) is 12.8 Å². The number of ketones is 1. The van der Waals surface area contributed by atoms with Crippen molar-refractivity contribution in [3.63, 3.8) is 0 Å². The number of carbonyl (C=O) groups is 4. The molecule has 1 aliphatic heterocycles. The van der Waals surface area contributed by atoms with Gasteiger partial charge in [-0.3, -0.25) is 19.3 Å². The fraction of sp³-hybridized carbons (Fsp3) is 0.714. The van der Waals surface area contributed by atoms with Gasteiger partial charge in [-0.2, -0.15) is 0 Å². The Balaban J connectivity index is 2.83. The highest BCUT2D eigenvalue weighted by Crippen LogP contribution is 2.24. The monoisotopic (exact) mass is 299 g/mol. The lowest BCUT2D eigenvalue weighted by Gasteiger charge is -2.29. The highest BCUT2D eigenvalue weighted by Gasteiger charge is 2.44. The third-order valence-corrected chi connectivity index (χ3v) is 3.15. The summed E-state index contributed by atoms with van der Waals surface area (Å²) in [6, 6.07) is -0.873. The first-order valence-corrected chi connectivity index (χ1v) is 7.04. The number of ether oxygens (including phenoxy) is 2. The molecule has 0 aromatic heterocycles. The van der Waals surface area contributed by atoms with Crippen molar-refractivity contribution < 1.29 is 28.7 Å². The zero-order chi connectivity index (χ0) is 16.0. The zero-order valence-electron chi connectivity index (χ0n) is 12.6. The van der Waals surface area contributed by atoms with Gasteiger partial charge in [0.15, 0.2) is 5.78 Å². The Morgan fingerprint density at radius 2 is 2.00 bits per heavy atom. The van der Waals surface area contributed by atoms with Crippen LogP contribution in [0, 0.1) is 0 Å². The van der Waals surface area contributed by atoms with Gasteiger partial charge >= 0.3 is 11.9 Å². The van der Waals surface area contributed by atoms with Gasteiger partial charge in [-0.15, -0.1) is 0 Å². The van der Waals surface area contributed by atoms with E-state index in [2.05, 4.69) is 0 Å². The first kappa shape index (κ1) is 17.1. The number of likely N-dealkylation sites (tertiary alicyclic amines) is 1. The lowest BCUT2D eigenvalue weighted by molar-refractivity contribution is -0.175. The molecule has 0 spiro atoms. The topological polar surface area (TPSA) is 90.0 Å². The van der Waals surface area contributed by atoms with Gasteiger partial charge in [-0.1, -0.05) is 13.3 Å². The van der Waals surface area contributed by atoms with Crippen molar-refractivity contribution in [2.45, 2.75) is 58.7 Å². The first-order valence-electron chi connectivity index (χ1n) is 7.04. The number of hydrogen-bond acceptors (Lipinski definition) is 6. The highest BCUT2D eigenvalue weighted by atomic mass is 16.6. The van der Waals surface area contributed by atoms with Crippen molar-refractivity contribution in [3.05, 3.63) is 0 Å². The minimum Gasteiger partial charge on any atom is -0.464 e. The van der Waals surface area contributed by atoms with E-state index in [1.165, 1.54) is 6.92 Å². The lowest BCUT2D eigenvalue weighted by atomic mass is 10.2. The van der Waals surface area contributed by atoms with Gasteiger partial charge in [0.25, 0.3) is 0 Å². The van der Waals surface area contributed by atoms with Gasteiger partial charge < -0.3 is 9.47 Å². The lowest BCUT2D eigenvalue weighted by Crippen LogP contribution is -2.51. The van der Waals surface area contributed by atoms with Gasteiger partial charge in [-0.25, -0.2) is 4.79 Å². The molecule has 2 atom stereocenters. The molecule has 1 fully saturated rings. The minimum atomic E-state index is -1.36. The van der Waals surface area contributed by atoms with Crippen molar-refractivity contribution in [1.29, 1.82) is 0 Å². The molecule has 118 valence electrons. The van der Waals surface area contributed by atoms with Crippen molar-refractivity contribution in [2.24, 2.45) is 0 Å². The molecule has 7 heteroatoms. The molecule has 0 aromatic carbocycles. The molecule has 1 rings (SSSR count). The maximum atomic E-state index is 12.0. The van der Waals surface area contributed by atoms with E-state index in [4.69, 9.17) is 9.47 Å². The smallest absolute Gasteiger partial charge is 0.329 e. The summed E-state index contributed by atoms with van der Waals surface area (Å²) in [5.41, 5.74) is 0. The number of amides is 1. The van der Waals surface area contributed by atoms with Crippen molar-refractivity contribution in [2.75, 3.05) is 6.61 Å². The van der Waals surface area contributed by atoms with Gasteiger partial charge in [0, 0.05) is 20.3 Å². The minimum absolute atomic E-state index is 0.124. The Bertz CT molecular complexity index is 433. The molecule has 1 saturated heterocycles. The normalized spacial score (nSPS) is 19.3. The van der Waals surface area contributed by atoms with Crippen LogP contribution < -0.4 is 0 Å². The number of Topliss-reactive ketones (excluding diaryl/α,β-unsaturated/α-hetero) is 1. The number of rotatable bonds is 7. The predicted molar refractivity (Wildman–Crippen MR) is 72.0 cm³/mol. The summed E-state index contributed by atoms with van der Waals surface area (Å²) in [4.78, 5) is 47.7. The Kier molecular flexibility index (Phi) is 6.33. The van der Waals surface area contributed by atoms with Crippen molar-refractivity contribution in [1.82, 2.24) is 4.90 Å². The fourth-order valence-electron chi connectivity index (χ4n) is 2.13. The van der Waals surface area contributed by atoms with Gasteiger partial charge in [0.2, 0.25) is 12.1 Å². The van der Waals surface area contributed by atoms with Crippen LogP contribution in [0.25, 0.3) is 0 Å². The maximum Gasteiger partial charge on any atom is 0.329 e. The van der Waals surface area contributed by atoms with Crippen LogP contribution in [0.1, 0.15) is 46.5 Å². The molecule has 21 heavy (non-hydrogen) atoms. The molecule has 0 saturated carbocycles. The third kappa shape index (κ3) is 4.54. The van der Waals surface area contributed by atoms with E-state index < -0.39 is 35.9 Å². The molecule has 1 aliphatic rings. The second kappa shape index (κ2) is 7.75. The van der Waals surface area contributed by atoms with Crippen LogP contribution in [-0.2, 0) is 28.7 Å². The number of unbranched alkanes of at least 4 members (excludes halogenated alkanes) is 1. The van der Waals surface area contributed by atoms with Crippen LogP contribution in [-0.4, -0.2) is 47.4 Å². The number of esters is 2. The predicted octanol–water partition coefficient (Wildman–Crippen LogP) is 0.799. The largest absolute Gasteiger partial charge is 0.464 e. The number of carbonyl (C=O) groups excluding carboxylic acids is 4. The van der Waals surface area contributed by atoms with E-state index in [0.29, 0.717) is 0 Å². The van der Waals surface area contributed by atoms with E-state index >= 15 is 0 Å². The molecule has 1 heterocycles. The molecule has 0 radical (unpaired) electrons. The van der Waals surface area contributed by atoms with E-state index in [1.54, 1.807) is 0 Å². The van der Waals surface area contributed by atoms with Gasteiger partial charge in [0.05, 0.1) is 6.61 Å². The second-order valence-electron chi connectivity index (χ2n) is 4.95. The molecular formula is C14H21NO6. The van der Waals surface area contributed by atoms with Crippen LogP contribution in [0.2, 0.25) is 0 Å². The summed E-state index contributed by atoms with van der Waals surface area (Å²) in [6.45, 7) is 4.58. The summed E-state index contributed by atoms with van der Waals surface area (Å²) in [5, 5.41) is 0. The Labute approximate surface area is 123 Å². The van der Waals surface area contributed by atoms with Crippen molar-refractivity contribution in [3.8, 4) is 0 Å². The summed E-state index contributed by atoms with van der Waals surface area (Å²) in [5.74, 6) is -2.15. The van der Waals surface area contributed by atoms with Crippen LogP contribution >= 0.6 is 0 Å². The fourth-order valence-corrected chi connectivity index (χ4v) is 2.13. The molecule has 0 aliphatic carbocycles. The summed E-state index contributed by atoms with van der Waals surface area (Å²) in [6.07, 6.45) is 0.630. The van der Waals surface area contributed by atoms with E-state index in [0.717, 1.165) is 24.7 Å². The van der Waals surface area contributed by atoms with E-state index in [1.807, 2.05) is 6.92 Å². The molecule has 1 amide bonds. The summed E-state index contributed by atoms with van der Waals surface area (Å²) in [7, 11) is 0. The zero-order valence-corrected chi connectivity index (χ0v) is 12.6. The summed E-state index contributed by atoms with van der Waals surface area (Å²) >= 11 is 0. The average Bonchev–Trinajstić information content (AvgIpc) is 2.77. The van der Waals surface area contributed by atoms with Crippen molar-refractivity contribution >= 4 is 23.6 Å². The molecular weight excluding hydrogens is 278 g/mol. The third-order valence-electron chi connectivity index (χ3n) is 3.15. The Morgan fingerprint density at radius 3 is 2.52 bits per heavy atom.